The number of amides is 1. The maximum absolute atomic E-state index is 12.0. The van der Waals surface area contributed by atoms with E-state index in [1.165, 1.54) is 11.3 Å². The third-order valence-electron chi connectivity index (χ3n) is 2.75. The lowest BCUT2D eigenvalue weighted by atomic mass is 10.2. The van der Waals surface area contributed by atoms with E-state index in [-0.39, 0.29) is 5.91 Å². The summed E-state index contributed by atoms with van der Waals surface area (Å²) in [7, 11) is 0. The van der Waals surface area contributed by atoms with Crippen molar-refractivity contribution in [2.24, 2.45) is 0 Å². The first kappa shape index (κ1) is 13.3. The van der Waals surface area contributed by atoms with Crippen LogP contribution in [-0.2, 0) is 0 Å². The zero-order valence-electron chi connectivity index (χ0n) is 11.0. The van der Waals surface area contributed by atoms with E-state index < -0.39 is 0 Å². The van der Waals surface area contributed by atoms with E-state index in [2.05, 4.69) is 10.3 Å². The molecule has 0 spiro atoms. The fourth-order valence-corrected chi connectivity index (χ4v) is 2.28. The third-order valence-corrected chi connectivity index (χ3v) is 3.44. The quantitative estimate of drug-likeness (QED) is 0.785. The van der Waals surface area contributed by atoms with E-state index in [9.17, 15) is 4.79 Å². The first-order valence-electron chi connectivity index (χ1n) is 6.35. The molecule has 1 N–H and O–H groups in total. The maximum atomic E-state index is 12.0. The summed E-state index contributed by atoms with van der Waals surface area (Å²) in [4.78, 5) is 16.0. The Kier molecular flexibility index (Phi) is 3.93. The Morgan fingerprint density at radius 3 is 2.38 bits per heavy atom. The number of carbonyl (C=O) groups is 1. The fraction of sp³-hybridized carbons (Fsp3) is 0. The molecule has 21 heavy (non-hydrogen) atoms. The van der Waals surface area contributed by atoms with Crippen LogP contribution in [0.15, 0.2) is 66.2 Å². The SMILES string of the molecule is O=C(Nc1nccs1)c1ccc(Oc2ccccc2)cc1. The van der Waals surface area contributed by atoms with Crippen LogP contribution < -0.4 is 10.1 Å². The molecule has 0 unspecified atom stereocenters. The summed E-state index contributed by atoms with van der Waals surface area (Å²) >= 11 is 1.38. The Hall–Kier alpha value is -2.66. The van der Waals surface area contributed by atoms with Crippen LogP contribution in [0.4, 0.5) is 5.13 Å². The molecule has 4 nitrogen and oxygen atoms in total. The van der Waals surface area contributed by atoms with Gasteiger partial charge in [0.15, 0.2) is 5.13 Å². The van der Waals surface area contributed by atoms with E-state index in [0.29, 0.717) is 16.4 Å². The molecule has 3 rings (SSSR count). The van der Waals surface area contributed by atoms with Crippen LogP contribution in [0.25, 0.3) is 0 Å². The van der Waals surface area contributed by atoms with Crippen molar-refractivity contribution in [2.75, 3.05) is 5.32 Å². The minimum Gasteiger partial charge on any atom is -0.457 e. The highest BCUT2D eigenvalue weighted by molar-refractivity contribution is 7.13. The number of para-hydroxylation sites is 1. The molecule has 2 aromatic carbocycles. The van der Waals surface area contributed by atoms with Gasteiger partial charge in [-0.1, -0.05) is 18.2 Å². The third kappa shape index (κ3) is 3.46. The highest BCUT2D eigenvalue weighted by atomic mass is 32.1. The molecule has 0 fully saturated rings. The lowest BCUT2D eigenvalue weighted by Crippen LogP contribution is -2.11. The lowest BCUT2D eigenvalue weighted by molar-refractivity contribution is 0.102. The molecule has 0 aliphatic rings. The Morgan fingerprint density at radius 2 is 1.71 bits per heavy atom. The van der Waals surface area contributed by atoms with E-state index in [0.717, 1.165) is 5.75 Å². The van der Waals surface area contributed by atoms with Crippen molar-refractivity contribution in [3.63, 3.8) is 0 Å². The van der Waals surface area contributed by atoms with Gasteiger partial charge in [0.1, 0.15) is 11.5 Å². The van der Waals surface area contributed by atoms with Gasteiger partial charge in [0.25, 0.3) is 5.91 Å². The monoisotopic (exact) mass is 296 g/mol. The average Bonchev–Trinajstić information content (AvgIpc) is 3.02. The predicted octanol–water partition coefficient (Wildman–Crippen LogP) is 4.19. The Morgan fingerprint density at radius 1 is 1.00 bits per heavy atom. The van der Waals surface area contributed by atoms with Crippen molar-refractivity contribution in [3.05, 3.63) is 71.7 Å². The Labute approximate surface area is 126 Å². The van der Waals surface area contributed by atoms with E-state index >= 15 is 0 Å². The number of nitrogens with one attached hydrogen (secondary N) is 1. The van der Waals surface area contributed by atoms with Gasteiger partial charge >= 0.3 is 0 Å². The van der Waals surface area contributed by atoms with Gasteiger partial charge in [0, 0.05) is 17.1 Å². The van der Waals surface area contributed by atoms with Crippen molar-refractivity contribution in [1.82, 2.24) is 4.98 Å². The normalized spacial score (nSPS) is 10.1. The van der Waals surface area contributed by atoms with Crippen LogP contribution in [0.2, 0.25) is 0 Å². The number of hydrogen-bond acceptors (Lipinski definition) is 4. The van der Waals surface area contributed by atoms with Crippen LogP contribution in [-0.4, -0.2) is 10.9 Å². The van der Waals surface area contributed by atoms with Crippen molar-refractivity contribution >= 4 is 22.4 Å². The van der Waals surface area contributed by atoms with Gasteiger partial charge in [-0.05, 0) is 36.4 Å². The molecule has 0 bridgehead atoms. The van der Waals surface area contributed by atoms with Gasteiger partial charge in [0.05, 0.1) is 0 Å². The molecule has 1 amide bonds. The second-order valence-corrected chi connectivity index (χ2v) is 5.13. The smallest absolute Gasteiger partial charge is 0.257 e. The number of ether oxygens (including phenoxy) is 1. The van der Waals surface area contributed by atoms with E-state index in [1.54, 1.807) is 30.5 Å². The first-order chi connectivity index (χ1) is 10.3. The predicted molar refractivity (Wildman–Crippen MR) is 83.0 cm³/mol. The molecule has 0 saturated heterocycles. The number of hydrogen-bond donors (Lipinski definition) is 1. The van der Waals surface area contributed by atoms with E-state index in [4.69, 9.17) is 4.74 Å². The second-order valence-electron chi connectivity index (χ2n) is 4.23. The number of benzene rings is 2. The van der Waals surface area contributed by atoms with Crippen molar-refractivity contribution in [2.45, 2.75) is 0 Å². The number of carbonyl (C=O) groups excluding carboxylic acids is 1. The number of rotatable bonds is 4. The maximum Gasteiger partial charge on any atom is 0.257 e. The summed E-state index contributed by atoms with van der Waals surface area (Å²) in [5.41, 5.74) is 0.561. The molecule has 1 aromatic heterocycles. The van der Waals surface area contributed by atoms with Crippen molar-refractivity contribution in [3.8, 4) is 11.5 Å². The molecule has 1 heterocycles. The highest BCUT2D eigenvalue weighted by Crippen LogP contribution is 2.21. The summed E-state index contributed by atoms with van der Waals surface area (Å²) < 4.78 is 5.68. The van der Waals surface area contributed by atoms with Crippen molar-refractivity contribution < 1.29 is 9.53 Å². The number of nitrogens with zero attached hydrogens (tertiary/aromatic N) is 1. The summed E-state index contributed by atoms with van der Waals surface area (Å²) in [6, 6.07) is 16.5. The molecule has 0 aliphatic carbocycles. The van der Waals surface area contributed by atoms with Gasteiger partial charge in [0.2, 0.25) is 0 Å². The number of anilines is 1. The van der Waals surface area contributed by atoms with Crippen molar-refractivity contribution in [1.29, 1.82) is 0 Å². The fourth-order valence-electron chi connectivity index (χ4n) is 1.75. The average molecular weight is 296 g/mol. The molecule has 104 valence electrons. The first-order valence-corrected chi connectivity index (χ1v) is 7.23. The lowest BCUT2D eigenvalue weighted by Gasteiger charge is -2.06. The Balaban J connectivity index is 1.68. The largest absolute Gasteiger partial charge is 0.457 e. The molecule has 0 atom stereocenters. The topological polar surface area (TPSA) is 51.2 Å². The van der Waals surface area contributed by atoms with Crippen LogP contribution in [0, 0.1) is 0 Å². The summed E-state index contributed by atoms with van der Waals surface area (Å²) in [6.07, 6.45) is 1.65. The standard InChI is InChI=1S/C16H12N2O2S/c19-15(18-16-17-10-11-21-16)12-6-8-14(9-7-12)20-13-4-2-1-3-5-13/h1-11H,(H,17,18,19). The molecule has 0 saturated carbocycles. The zero-order valence-corrected chi connectivity index (χ0v) is 11.8. The van der Waals surface area contributed by atoms with E-state index in [1.807, 2.05) is 35.7 Å². The van der Waals surface area contributed by atoms with Crippen LogP contribution in [0.5, 0.6) is 11.5 Å². The van der Waals surface area contributed by atoms with Gasteiger partial charge in [-0.2, -0.15) is 0 Å². The van der Waals surface area contributed by atoms with Crippen LogP contribution >= 0.6 is 11.3 Å². The Bertz CT molecular complexity index is 710. The summed E-state index contributed by atoms with van der Waals surface area (Å²) in [5.74, 6) is 1.26. The van der Waals surface area contributed by atoms with Gasteiger partial charge in [-0.3, -0.25) is 10.1 Å². The van der Waals surface area contributed by atoms with Crippen LogP contribution in [0.1, 0.15) is 10.4 Å². The molecular weight excluding hydrogens is 284 g/mol. The molecular formula is C16H12N2O2S. The van der Waals surface area contributed by atoms with Crippen LogP contribution in [0.3, 0.4) is 0 Å². The second kappa shape index (κ2) is 6.19. The molecule has 0 radical (unpaired) electrons. The van der Waals surface area contributed by atoms with Gasteiger partial charge in [-0.25, -0.2) is 4.98 Å². The number of aromatic nitrogens is 1. The highest BCUT2D eigenvalue weighted by Gasteiger charge is 2.07. The molecule has 3 aromatic rings. The van der Waals surface area contributed by atoms with Gasteiger partial charge in [-0.15, -0.1) is 11.3 Å². The molecule has 0 aliphatic heterocycles. The summed E-state index contributed by atoms with van der Waals surface area (Å²) in [5, 5.41) is 5.13. The zero-order chi connectivity index (χ0) is 14.5. The van der Waals surface area contributed by atoms with Gasteiger partial charge < -0.3 is 4.74 Å². The molecule has 5 heteroatoms. The minimum atomic E-state index is -0.184. The summed E-state index contributed by atoms with van der Waals surface area (Å²) in [6.45, 7) is 0. The minimum absolute atomic E-state index is 0.184. The number of thiazole rings is 1.